The Morgan fingerprint density at radius 3 is 1.19 bits per heavy atom. The van der Waals surface area contributed by atoms with Crippen LogP contribution in [0.2, 0.25) is 0 Å². The summed E-state index contributed by atoms with van der Waals surface area (Å²) in [5.74, 6) is -0.346. The Hall–Kier alpha value is -1.71. The van der Waals surface area contributed by atoms with E-state index in [0.717, 1.165) is 51.4 Å². The molecule has 0 bridgehead atoms. The molecule has 1 amide bonds. The van der Waals surface area contributed by atoms with Crippen LogP contribution in [0.4, 0.5) is 0 Å². The molecule has 0 spiro atoms. The van der Waals surface area contributed by atoms with E-state index in [-0.39, 0.29) is 61.2 Å². The number of halogens is 1. The number of aliphatic hydroxyl groups excluding tert-OH is 1. The molecule has 0 aliphatic heterocycles. The number of amides is 1. The van der Waals surface area contributed by atoms with E-state index in [0.29, 0.717) is 49.8 Å². The molecule has 0 rings (SSSR count). The first kappa shape index (κ1) is 57.4. The van der Waals surface area contributed by atoms with Gasteiger partial charge in [0.15, 0.2) is 6.54 Å². The predicted octanol–water partition coefficient (Wildman–Crippen LogP) is 12.4. The summed E-state index contributed by atoms with van der Waals surface area (Å²) < 4.78 is 11.4. The Kier molecular flexibility index (Phi) is 44.2. The summed E-state index contributed by atoms with van der Waals surface area (Å²) in [6, 6.07) is 0. The molecule has 0 aromatic carbocycles. The number of likely N-dealkylation sites (N-methyl/N-ethyl adjacent to an activating group) is 1. The fraction of sp³-hybridized carbons (Fsp3) is 0.854. The molecular formula is C48H92BrN2O6+. The van der Waals surface area contributed by atoms with Crippen LogP contribution in [0.25, 0.3) is 0 Å². The standard InChI is InChI=1S/C48H91N2O6.BrH/c1-5-7-9-11-13-15-17-19-21-23-25-27-29-31-33-37-47(53)55-43-35-39-49(46(52)45-50(3,4)41-42-51)40-36-44-56-48(54)38-34-32-30-28-26-24-22-20-18-16-14-12-10-8-6-2;/h19-22,51H,5-18,23-45H2,1-4H3;1H/q+1;/b21-19-,22-20-;. The van der Waals surface area contributed by atoms with E-state index in [9.17, 15) is 19.5 Å². The fourth-order valence-electron chi connectivity index (χ4n) is 6.88. The van der Waals surface area contributed by atoms with Crippen molar-refractivity contribution in [2.45, 2.75) is 206 Å². The summed E-state index contributed by atoms with van der Waals surface area (Å²) in [4.78, 5) is 39.7. The summed E-state index contributed by atoms with van der Waals surface area (Å²) in [5, 5.41) is 9.43. The first-order valence-corrected chi connectivity index (χ1v) is 23.6. The molecular weight excluding hydrogens is 780 g/mol. The maximum absolute atomic E-state index is 13.2. The molecule has 0 radical (unpaired) electrons. The highest BCUT2D eigenvalue weighted by molar-refractivity contribution is 8.93. The van der Waals surface area contributed by atoms with Crippen LogP contribution in [0.15, 0.2) is 24.3 Å². The van der Waals surface area contributed by atoms with Crippen LogP contribution in [0.1, 0.15) is 206 Å². The van der Waals surface area contributed by atoms with E-state index < -0.39 is 0 Å². The number of esters is 2. The molecule has 0 aromatic rings. The van der Waals surface area contributed by atoms with Crippen molar-refractivity contribution < 1.29 is 33.4 Å². The maximum atomic E-state index is 13.2. The number of nitrogens with zero attached hydrogens (tertiary/aromatic N) is 2. The zero-order valence-corrected chi connectivity index (χ0v) is 39.5. The van der Waals surface area contributed by atoms with Gasteiger partial charge in [-0.1, -0.05) is 141 Å². The summed E-state index contributed by atoms with van der Waals surface area (Å²) in [6.07, 6.45) is 43.2. The average molecular weight is 873 g/mol. The fourth-order valence-corrected chi connectivity index (χ4v) is 6.88. The van der Waals surface area contributed by atoms with Crippen molar-refractivity contribution in [1.29, 1.82) is 0 Å². The van der Waals surface area contributed by atoms with Crippen molar-refractivity contribution >= 4 is 34.8 Å². The van der Waals surface area contributed by atoms with E-state index in [1.807, 2.05) is 14.1 Å². The third-order valence-electron chi connectivity index (χ3n) is 10.6. The van der Waals surface area contributed by atoms with Crippen molar-refractivity contribution in [3.63, 3.8) is 0 Å². The topological polar surface area (TPSA) is 93.1 Å². The van der Waals surface area contributed by atoms with Crippen LogP contribution in [0.5, 0.6) is 0 Å². The molecule has 0 fully saturated rings. The van der Waals surface area contributed by atoms with Crippen LogP contribution in [-0.4, -0.2) is 92.4 Å². The third kappa shape index (κ3) is 42.2. The number of rotatable bonds is 42. The smallest absolute Gasteiger partial charge is 0.305 e. The molecule has 0 aromatic heterocycles. The van der Waals surface area contributed by atoms with Crippen LogP contribution < -0.4 is 0 Å². The van der Waals surface area contributed by atoms with Gasteiger partial charge in [-0.15, -0.1) is 17.0 Å². The highest BCUT2D eigenvalue weighted by atomic mass is 79.9. The van der Waals surface area contributed by atoms with Gasteiger partial charge >= 0.3 is 11.9 Å². The lowest BCUT2D eigenvalue weighted by Crippen LogP contribution is -2.50. The van der Waals surface area contributed by atoms with Crippen molar-refractivity contribution in [1.82, 2.24) is 4.90 Å². The van der Waals surface area contributed by atoms with Crippen molar-refractivity contribution in [2.24, 2.45) is 0 Å². The highest BCUT2D eigenvalue weighted by Gasteiger charge is 2.24. The van der Waals surface area contributed by atoms with Crippen molar-refractivity contribution in [3.05, 3.63) is 24.3 Å². The minimum absolute atomic E-state index is 0. The van der Waals surface area contributed by atoms with Crippen molar-refractivity contribution in [3.8, 4) is 0 Å². The van der Waals surface area contributed by atoms with Gasteiger partial charge in [0, 0.05) is 25.9 Å². The number of quaternary nitrogens is 1. The van der Waals surface area contributed by atoms with Gasteiger partial charge in [-0.05, 0) is 77.0 Å². The van der Waals surface area contributed by atoms with Crippen LogP contribution in [0.3, 0.4) is 0 Å². The number of hydrogen-bond donors (Lipinski definition) is 1. The van der Waals surface area contributed by atoms with Crippen LogP contribution >= 0.6 is 17.0 Å². The number of carbonyl (C=O) groups is 3. The zero-order valence-electron chi connectivity index (χ0n) is 37.8. The molecule has 0 saturated heterocycles. The number of aliphatic hydroxyl groups is 1. The number of hydrogen-bond acceptors (Lipinski definition) is 6. The van der Waals surface area contributed by atoms with Gasteiger partial charge in [0.25, 0.3) is 5.91 Å². The van der Waals surface area contributed by atoms with Crippen LogP contribution in [-0.2, 0) is 23.9 Å². The normalized spacial score (nSPS) is 11.7. The second-order valence-electron chi connectivity index (χ2n) is 16.7. The lowest BCUT2D eigenvalue weighted by Gasteiger charge is -2.31. The van der Waals surface area contributed by atoms with E-state index >= 15 is 0 Å². The molecule has 336 valence electrons. The molecule has 0 unspecified atom stereocenters. The lowest BCUT2D eigenvalue weighted by molar-refractivity contribution is -0.883. The molecule has 57 heavy (non-hydrogen) atoms. The Morgan fingerprint density at radius 1 is 0.509 bits per heavy atom. The molecule has 0 heterocycles. The van der Waals surface area contributed by atoms with Crippen molar-refractivity contribution in [2.75, 3.05) is 60.1 Å². The van der Waals surface area contributed by atoms with Gasteiger partial charge < -0.3 is 24.0 Å². The van der Waals surface area contributed by atoms with Gasteiger partial charge in [-0.2, -0.15) is 0 Å². The number of carbonyl (C=O) groups excluding carboxylic acids is 3. The van der Waals surface area contributed by atoms with Gasteiger partial charge in [0.2, 0.25) is 0 Å². The summed E-state index contributed by atoms with van der Waals surface area (Å²) in [6.45, 7) is 6.81. The molecule has 0 aliphatic carbocycles. The molecule has 0 aliphatic rings. The minimum Gasteiger partial charge on any atom is -0.466 e. The molecule has 8 nitrogen and oxygen atoms in total. The second-order valence-corrected chi connectivity index (χ2v) is 16.7. The number of ether oxygens (including phenoxy) is 2. The minimum atomic E-state index is -0.167. The second kappa shape index (κ2) is 43.9. The monoisotopic (exact) mass is 872 g/mol. The zero-order chi connectivity index (χ0) is 41.2. The molecule has 1 N–H and O–H groups in total. The molecule has 9 heteroatoms. The Balaban J connectivity index is 0. The third-order valence-corrected chi connectivity index (χ3v) is 10.6. The highest BCUT2D eigenvalue weighted by Crippen LogP contribution is 2.13. The Morgan fingerprint density at radius 2 is 0.842 bits per heavy atom. The van der Waals surface area contributed by atoms with Crippen LogP contribution in [0, 0.1) is 0 Å². The largest absolute Gasteiger partial charge is 0.466 e. The lowest BCUT2D eigenvalue weighted by atomic mass is 10.1. The first-order valence-electron chi connectivity index (χ1n) is 23.6. The van der Waals surface area contributed by atoms with Gasteiger partial charge in [-0.3, -0.25) is 14.4 Å². The summed E-state index contributed by atoms with van der Waals surface area (Å²) in [7, 11) is 3.86. The summed E-state index contributed by atoms with van der Waals surface area (Å²) >= 11 is 0. The Bertz CT molecular complexity index is 913. The average Bonchev–Trinajstić information content (AvgIpc) is 3.16. The maximum Gasteiger partial charge on any atom is 0.305 e. The SMILES string of the molecule is Br.CCCCCCCC/C=C\CCCCCCCC(=O)OCCCN(CCCOC(=O)CCCCCCC/C=C\CCCCCCCC)C(=O)C[N+](C)(C)CCO. The van der Waals surface area contributed by atoms with Gasteiger partial charge in [-0.25, -0.2) is 0 Å². The molecule has 0 atom stereocenters. The first-order chi connectivity index (χ1) is 27.3. The van der Waals surface area contributed by atoms with Gasteiger partial charge in [0.05, 0.1) is 33.9 Å². The van der Waals surface area contributed by atoms with E-state index in [4.69, 9.17) is 9.47 Å². The van der Waals surface area contributed by atoms with Gasteiger partial charge in [0.1, 0.15) is 6.54 Å². The number of unbranched alkanes of at least 4 members (excludes halogenated alkanes) is 22. The summed E-state index contributed by atoms with van der Waals surface area (Å²) in [5.41, 5.74) is 0. The van der Waals surface area contributed by atoms with E-state index in [1.165, 1.54) is 116 Å². The van der Waals surface area contributed by atoms with E-state index in [1.54, 1.807) is 4.90 Å². The Labute approximate surface area is 362 Å². The number of allylic oxidation sites excluding steroid dienone is 4. The molecule has 0 saturated carbocycles. The van der Waals surface area contributed by atoms with E-state index in [2.05, 4.69) is 38.2 Å². The quantitative estimate of drug-likeness (QED) is 0.0284. The predicted molar refractivity (Wildman–Crippen MR) is 246 cm³/mol.